The van der Waals surface area contributed by atoms with Crippen molar-refractivity contribution in [3.8, 4) is 5.75 Å². The van der Waals surface area contributed by atoms with E-state index in [1.165, 1.54) is 4.31 Å². The van der Waals surface area contributed by atoms with Gasteiger partial charge in [0.2, 0.25) is 10.0 Å². The number of anilines is 2. The molecule has 1 saturated heterocycles. The van der Waals surface area contributed by atoms with Crippen molar-refractivity contribution in [3.05, 3.63) is 34.8 Å². The van der Waals surface area contributed by atoms with Crippen molar-refractivity contribution in [2.45, 2.75) is 11.8 Å². The van der Waals surface area contributed by atoms with Crippen molar-refractivity contribution in [2.24, 2.45) is 0 Å². The van der Waals surface area contributed by atoms with Crippen molar-refractivity contribution in [2.75, 3.05) is 56.7 Å². The van der Waals surface area contributed by atoms with E-state index in [2.05, 4.69) is 26.1 Å². The summed E-state index contributed by atoms with van der Waals surface area (Å²) in [6.45, 7) is 4.08. The maximum Gasteiger partial charge on any atom is 0.246 e. The molecular weight excluding hydrogens is 446 g/mol. The van der Waals surface area contributed by atoms with E-state index in [4.69, 9.17) is 4.74 Å². The molecule has 152 valence electrons. The molecule has 8 nitrogen and oxygen atoms in total. The lowest BCUT2D eigenvalue weighted by atomic mass is 10.3. The Morgan fingerprint density at radius 1 is 1.11 bits per heavy atom. The Morgan fingerprint density at radius 2 is 1.82 bits per heavy atom. The van der Waals surface area contributed by atoms with E-state index in [0.29, 0.717) is 43.0 Å². The van der Waals surface area contributed by atoms with Crippen LogP contribution in [0.3, 0.4) is 0 Å². The number of halogens is 1. The predicted octanol–water partition coefficient (Wildman–Crippen LogP) is 2.21. The number of benzene rings is 1. The number of ether oxygens (including phenoxy) is 1. The van der Waals surface area contributed by atoms with Crippen molar-refractivity contribution in [3.63, 3.8) is 0 Å². The second-order valence-electron chi connectivity index (χ2n) is 6.56. The third-order valence-electron chi connectivity index (χ3n) is 4.48. The van der Waals surface area contributed by atoms with Gasteiger partial charge in [-0.25, -0.2) is 8.42 Å². The molecule has 1 aromatic carbocycles. The molecule has 28 heavy (non-hydrogen) atoms. The largest absolute Gasteiger partial charge is 0.492 e. The van der Waals surface area contributed by atoms with Crippen LogP contribution >= 0.6 is 15.9 Å². The fourth-order valence-corrected chi connectivity index (χ4v) is 5.07. The van der Waals surface area contributed by atoms with Crippen LogP contribution in [0.4, 0.5) is 11.6 Å². The van der Waals surface area contributed by atoms with Gasteiger partial charge in [-0.2, -0.15) is 4.31 Å². The summed E-state index contributed by atoms with van der Waals surface area (Å²) in [7, 11) is 0.165. The Morgan fingerprint density at radius 3 is 2.39 bits per heavy atom. The minimum atomic E-state index is -3.65. The molecule has 2 heterocycles. The van der Waals surface area contributed by atoms with Crippen molar-refractivity contribution in [1.29, 1.82) is 0 Å². The number of hydrogen-bond donors (Lipinski definition) is 0. The summed E-state index contributed by atoms with van der Waals surface area (Å²) in [6, 6.07) is 8.87. The summed E-state index contributed by atoms with van der Waals surface area (Å²) < 4.78 is 34.1. The Hall–Kier alpha value is -1.91. The minimum absolute atomic E-state index is 0.187. The van der Waals surface area contributed by atoms with Gasteiger partial charge in [0.1, 0.15) is 10.6 Å². The summed E-state index contributed by atoms with van der Waals surface area (Å²) >= 11 is 3.35. The molecule has 0 aliphatic carbocycles. The lowest BCUT2D eigenvalue weighted by Crippen LogP contribution is -2.49. The second-order valence-corrected chi connectivity index (χ2v) is 9.38. The Bertz CT molecular complexity index is 913. The number of aromatic nitrogens is 2. The highest BCUT2D eigenvalue weighted by atomic mass is 79.9. The first kappa shape index (κ1) is 20.8. The molecule has 1 aliphatic heterocycles. The first-order valence-corrected chi connectivity index (χ1v) is 11.2. The van der Waals surface area contributed by atoms with Crippen LogP contribution in [0.15, 0.2) is 39.7 Å². The lowest BCUT2D eigenvalue weighted by Gasteiger charge is -2.34. The zero-order valence-corrected chi connectivity index (χ0v) is 18.6. The zero-order chi connectivity index (χ0) is 20.3. The molecule has 0 atom stereocenters. The van der Waals surface area contributed by atoms with Gasteiger partial charge in [0, 0.05) is 44.7 Å². The Labute approximate surface area is 174 Å². The van der Waals surface area contributed by atoms with Crippen LogP contribution < -0.4 is 14.5 Å². The van der Waals surface area contributed by atoms with Crippen LogP contribution in [0.2, 0.25) is 0 Å². The topological polar surface area (TPSA) is 78.9 Å². The highest BCUT2D eigenvalue weighted by Gasteiger charge is 2.31. The highest BCUT2D eigenvalue weighted by Crippen LogP contribution is 2.31. The molecule has 0 unspecified atom stereocenters. The number of nitrogens with zero attached hydrogens (tertiary/aromatic N) is 5. The SMILES string of the molecule is CCOc1ccc(Br)cc1S(=O)(=O)N1CCN(c2ccc(N(C)C)nn2)CC1. The molecule has 0 amide bonds. The summed E-state index contributed by atoms with van der Waals surface area (Å²) in [5.41, 5.74) is 0. The molecule has 0 bridgehead atoms. The van der Waals surface area contributed by atoms with Crippen molar-refractivity contribution >= 4 is 37.6 Å². The van der Waals surface area contributed by atoms with E-state index >= 15 is 0 Å². The molecule has 10 heteroatoms. The maximum absolute atomic E-state index is 13.2. The first-order chi connectivity index (χ1) is 13.3. The molecule has 0 radical (unpaired) electrons. The quantitative estimate of drug-likeness (QED) is 0.641. The number of piperazine rings is 1. The molecule has 0 spiro atoms. The molecule has 0 saturated carbocycles. The fourth-order valence-electron chi connectivity index (χ4n) is 2.98. The molecule has 1 aliphatic rings. The van der Waals surface area contributed by atoms with Gasteiger partial charge in [0.15, 0.2) is 11.6 Å². The number of sulfonamides is 1. The van der Waals surface area contributed by atoms with Crippen LogP contribution in [-0.4, -0.2) is 69.8 Å². The van der Waals surface area contributed by atoms with Gasteiger partial charge in [0.25, 0.3) is 0 Å². The molecule has 2 aromatic rings. The maximum atomic E-state index is 13.2. The van der Waals surface area contributed by atoms with Crippen LogP contribution in [0.5, 0.6) is 5.75 Å². The van der Waals surface area contributed by atoms with Crippen LogP contribution in [0.25, 0.3) is 0 Å². The summed E-state index contributed by atoms with van der Waals surface area (Å²) in [5, 5.41) is 8.45. The van der Waals surface area contributed by atoms with E-state index < -0.39 is 10.0 Å². The van der Waals surface area contributed by atoms with Gasteiger partial charge in [0.05, 0.1) is 6.61 Å². The highest BCUT2D eigenvalue weighted by molar-refractivity contribution is 9.10. The second kappa shape index (κ2) is 8.62. The Kier molecular flexibility index (Phi) is 6.41. The molecule has 0 N–H and O–H groups in total. The van der Waals surface area contributed by atoms with Crippen LogP contribution in [0, 0.1) is 0 Å². The normalized spacial score (nSPS) is 15.5. The van der Waals surface area contributed by atoms with E-state index in [9.17, 15) is 8.42 Å². The smallest absolute Gasteiger partial charge is 0.246 e. The summed E-state index contributed by atoms with van der Waals surface area (Å²) in [6.07, 6.45) is 0. The van der Waals surface area contributed by atoms with Crippen molar-refractivity contribution < 1.29 is 13.2 Å². The van der Waals surface area contributed by atoms with Crippen molar-refractivity contribution in [1.82, 2.24) is 14.5 Å². The predicted molar refractivity (Wildman–Crippen MR) is 113 cm³/mol. The average Bonchev–Trinajstić information content (AvgIpc) is 2.69. The molecule has 3 rings (SSSR count). The number of hydrogen-bond acceptors (Lipinski definition) is 7. The van der Waals surface area contributed by atoms with Gasteiger partial charge in [-0.3, -0.25) is 0 Å². The van der Waals surface area contributed by atoms with Gasteiger partial charge in [-0.1, -0.05) is 15.9 Å². The third-order valence-corrected chi connectivity index (χ3v) is 6.89. The summed E-state index contributed by atoms with van der Waals surface area (Å²) in [5.74, 6) is 1.90. The molecular formula is C18H24BrN5O3S. The van der Waals surface area contributed by atoms with Crippen LogP contribution in [0.1, 0.15) is 6.92 Å². The van der Waals surface area contributed by atoms with E-state index in [0.717, 1.165) is 11.6 Å². The van der Waals surface area contributed by atoms with Gasteiger partial charge >= 0.3 is 0 Å². The van der Waals surface area contributed by atoms with Crippen LogP contribution in [-0.2, 0) is 10.0 Å². The van der Waals surface area contributed by atoms with E-state index in [-0.39, 0.29) is 4.90 Å². The average molecular weight is 470 g/mol. The first-order valence-electron chi connectivity index (χ1n) is 9.01. The lowest BCUT2D eigenvalue weighted by molar-refractivity contribution is 0.327. The minimum Gasteiger partial charge on any atom is -0.492 e. The number of rotatable bonds is 6. The fraction of sp³-hybridized carbons (Fsp3) is 0.444. The van der Waals surface area contributed by atoms with E-state index in [1.807, 2.05) is 43.0 Å². The van der Waals surface area contributed by atoms with E-state index in [1.54, 1.807) is 18.2 Å². The monoisotopic (exact) mass is 469 g/mol. The van der Waals surface area contributed by atoms with Gasteiger partial charge < -0.3 is 14.5 Å². The Balaban J connectivity index is 1.74. The molecule has 1 aromatic heterocycles. The van der Waals surface area contributed by atoms with Gasteiger partial charge in [-0.05, 0) is 37.3 Å². The van der Waals surface area contributed by atoms with Gasteiger partial charge in [-0.15, -0.1) is 10.2 Å². The summed E-state index contributed by atoms with van der Waals surface area (Å²) in [4.78, 5) is 4.12. The standard InChI is InChI=1S/C18H24BrN5O3S/c1-4-27-15-6-5-14(19)13-16(15)28(25,26)24-11-9-23(10-12-24)18-8-7-17(20-21-18)22(2)3/h5-8,13H,4,9-12H2,1-3H3. The third kappa shape index (κ3) is 4.39. The molecule has 1 fully saturated rings. The zero-order valence-electron chi connectivity index (χ0n) is 16.2.